The molecule has 2 aromatic carbocycles. The summed E-state index contributed by atoms with van der Waals surface area (Å²) in [6, 6.07) is 17.4. The topological polar surface area (TPSA) is 65.4 Å². The summed E-state index contributed by atoms with van der Waals surface area (Å²) >= 11 is 0. The number of ether oxygens (including phenoxy) is 2. The molecule has 1 N–H and O–H groups in total. The van der Waals surface area contributed by atoms with Crippen LogP contribution in [0.5, 0.6) is 11.5 Å². The Morgan fingerprint density at radius 2 is 1.66 bits per heavy atom. The van der Waals surface area contributed by atoms with Crippen LogP contribution in [0, 0.1) is 13.8 Å². The van der Waals surface area contributed by atoms with Gasteiger partial charge in [-0.1, -0.05) is 30.3 Å². The van der Waals surface area contributed by atoms with Gasteiger partial charge in [-0.2, -0.15) is 5.10 Å². The van der Waals surface area contributed by atoms with Crippen molar-refractivity contribution in [2.45, 2.75) is 33.6 Å². The fourth-order valence-electron chi connectivity index (χ4n) is 3.11. The lowest BCUT2D eigenvalue weighted by atomic mass is 10.2. The predicted molar refractivity (Wildman–Crippen MR) is 114 cm³/mol. The molecule has 6 heteroatoms. The van der Waals surface area contributed by atoms with Gasteiger partial charge >= 0.3 is 0 Å². The minimum Gasteiger partial charge on any atom is -0.490 e. The SMILES string of the molecule is CCOc1ccccc1OCCCC(=O)Nc1c(C)nn(-c2ccccc2)c1C. The largest absolute Gasteiger partial charge is 0.490 e. The minimum absolute atomic E-state index is 0.0505. The molecule has 0 atom stereocenters. The molecule has 0 bridgehead atoms. The lowest BCUT2D eigenvalue weighted by Gasteiger charge is -2.11. The number of aromatic nitrogens is 2. The van der Waals surface area contributed by atoms with Gasteiger partial charge in [-0.3, -0.25) is 4.79 Å². The summed E-state index contributed by atoms with van der Waals surface area (Å²) in [5.74, 6) is 1.37. The highest BCUT2D eigenvalue weighted by Gasteiger charge is 2.15. The number of anilines is 1. The molecule has 6 nitrogen and oxygen atoms in total. The zero-order chi connectivity index (χ0) is 20.6. The van der Waals surface area contributed by atoms with Crippen molar-refractivity contribution in [3.8, 4) is 17.2 Å². The van der Waals surface area contributed by atoms with E-state index in [1.807, 2.05) is 80.1 Å². The van der Waals surface area contributed by atoms with Crippen LogP contribution in [0.25, 0.3) is 5.69 Å². The highest BCUT2D eigenvalue weighted by atomic mass is 16.5. The molecule has 0 unspecified atom stereocenters. The molecular weight excluding hydrogens is 366 g/mol. The Morgan fingerprint density at radius 3 is 2.34 bits per heavy atom. The summed E-state index contributed by atoms with van der Waals surface area (Å²) in [5.41, 5.74) is 3.43. The van der Waals surface area contributed by atoms with Crippen LogP contribution in [0.2, 0.25) is 0 Å². The second-order valence-electron chi connectivity index (χ2n) is 6.67. The first-order chi connectivity index (χ1) is 14.1. The maximum Gasteiger partial charge on any atom is 0.224 e. The molecular formula is C23H27N3O3. The predicted octanol–water partition coefficient (Wildman–Crippen LogP) is 4.69. The molecule has 0 aliphatic heterocycles. The molecule has 1 heterocycles. The van der Waals surface area contributed by atoms with Crippen molar-refractivity contribution in [1.82, 2.24) is 9.78 Å². The van der Waals surface area contributed by atoms with E-state index in [2.05, 4.69) is 10.4 Å². The van der Waals surface area contributed by atoms with Crippen molar-refractivity contribution in [1.29, 1.82) is 0 Å². The molecule has 3 rings (SSSR count). The van der Waals surface area contributed by atoms with Gasteiger partial charge in [0.1, 0.15) is 0 Å². The number of rotatable bonds is 9. The molecule has 29 heavy (non-hydrogen) atoms. The first-order valence-corrected chi connectivity index (χ1v) is 9.86. The Morgan fingerprint density at radius 1 is 1.00 bits per heavy atom. The summed E-state index contributed by atoms with van der Waals surface area (Å²) in [5, 5.41) is 7.56. The number of hydrogen-bond acceptors (Lipinski definition) is 4. The van der Waals surface area contributed by atoms with E-state index in [9.17, 15) is 4.79 Å². The lowest BCUT2D eigenvalue weighted by Crippen LogP contribution is -2.14. The van der Waals surface area contributed by atoms with Gasteiger partial charge in [-0.25, -0.2) is 4.68 Å². The Kier molecular flexibility index (Phi) is 6.89. The number of benzene rings is 2. The van der Waals surface area contributed by atoms with E-state index in [4.69, 9.17) is 9.47 Å². The van der Waals surface area contributed by atoms with Crippen molar-refractivity contribution in [2.24, 2.45) is 0 Å². The molecule has 0 aliphatic rings. The molecule has 0 saturated heterocycles. The monoisotopic (exact) mass is 393 g/mol. The van der Waals surface area contributed by atoms with Gasteiger partial charge in [-0.05, 0) is 51.5 Å². The molecule has 0 fully saturated rings. The summed E-state index contributed by atoms with van der Waals surface area (Å²) in [4.78, 5) is 12.4. The van der Waals surface area contributed by atoms with Crippen LogP contribution in [0.15, 0.2) is 54.6 Å². The molecule has 0 aliphatic carbocycles. The van der Waals surface area contributed by atoms with Gasteiger partial charge in [0, 0.05) is 6.42 Å². The third kappa shape index (κ3) is 5.16. The first kappa shape index (κ1) is 20.5. The first-order valence-electron chi connectivity index (χ1n) is 9.86. The van der Waals surface area contributed by atoms with Gasteiger partial charge in [0.15, 0.2) is 11.5 Å². The quantitative estimate of drug-likeness (QED) is 0.536. The van der Waals surface area contributed by atoms with E-state index >= 15 is 0 Å². The average molecular weight is 393 g/mol. The number of carbonyl (C=O) groups excluding carboxylic acids is 1. The maximum absolute atomic E-state index is 12.4. The van der Waals surface area contributed by atoms with Gasteiger partial charge < -0.3 is 14.8 Å². The van der Waals surface area contributed by atoms with Crippen LogP contribution >= 0.6 is 0 Å². The normalized spacial score (nSPS) is 10.6. The van der Waals surface area contributed by atoms with E-state index in [1.54, 1.807) is 0 Å². The molecule has 0 radical (unpaired) electrons. The van der Waals surface area contributed by atoms with Gasteiger partial charge in [0.2, 0.25) is 5.91 Å². The van der Waals surface area contributed by atoms with Crippen molar-refractivity contribution in [2.75, 3.05) is 18.5 Å². The molecule has 3 aromatic rings. The standard InChI is InChI=1S/C23H27N3O3/c1-4-28-20-13-8-9-14-21(20)29-16-10-15-22(27)24-23-17(2)25-26(18(23)3)19-11-6-5-7-12-19/h5-9,11-14H,4,10,15-16H2,1-3H3,(H,24,27). The summed E-state index contributed by atoms with van der Waals surface area (Å²) in [6.07, 6.45) is 0.976. The van der Waals surface area contributed by atoms with Crippen LogP contribution in [0.4, 0.5) is 5.69 Å². The highest BCUT2D eigenvalue weighted by molar-refractivity contribution is 5.92. The molecule has 1 aromatic heterocycles. The zero-order valence-corrected chi connectivity index (χ0v) is 17.1. The van der Waals surface area contributed by atoms with Crippen molar-refractivity contribution in [3.05, 3.63) is 66.0 Å². The summed E-state index contributed by atoms with van der Waals surface area (Å²) < 4.78 is 13.2. The van der Waals surface area contributed by atoms with Crippen LogP contribution in [0.3, 0.4) is 0 Å². The van der Waals surface area contributed by atoms with Crippen LogP contribution < -0.4 is 14.8 Å². The molecule has 152 valence electrons. The third-order valence-electron chi connectivity index (χ3n) is 4.51. The fraction of sp³-hybridized carbons (Fsp3) is 0.304. The van der Waals surface area contributed by atoms with Gasteiger partial charge in [-0.15, -0.1) is 0 Å². The van der Waals surface area contributed by atoms with Crippen LogP contribution in [0.1, 0.15) is 31.2 Å². The Hall–Kier alpha value is -3.28. The summed E-state index contributed by atoms with van der Waals surface area (Å²) in [6.45, 7) is 6.81. The smallest absolute Gasteiger partial charge is 0.224 e. The maximum atomic E-state index is 12.4. The Bertz CT molecular complexity index is 951. The van der Waals surface area contributed by atoms with E-state index in [0.29, 0.717) is 31.8 Å². The van der Waals surface area contributed by atoms with Crippen molar-refractivity contribution >= 4 is 11.6 Å². The van der Waals surface area contributed by atoms with E-state index < -0.39 is 0 Å². The average Bonchev–Trinajstić information content (AvgIpc) is 3.01. The zero-order valence-electron chi connectivity index (χ0n) is 17.1. The summed E-state index contributed by atoms with van der Waals surface area (Å²) in [7, 11) is 0. The Balaban J connectivity index is 1.54. The van der Waals surface area contributed by atoms with Crippen molar-refractivity contribution < 1.29 is 14.3 Å². The van der Waals surface area contributed by atoms with Crippen LogP contribution in [-0.4, -0.2) is 28.9 Å². The third-order valence-corrected chi connectivity index (χ3v) is 4.51. The minimum atomic E-state index is -0.0505. The Labute approximate surface area is 171 Å². The second kappa shape index (κ2) is 9.78. The van der Waals surface area contributed by atoms with Gasteiger partial charge in [0.05, 0.1) is 36.0 Å². The number of aryl methyl sites for hydroxylation is 1. The number of hydrogen-bond donors (Lipinski definition) is 1. The van der Waals surface area contributed by atoms with E-state index in [-0.39, 0.29) is 5.91 Å². The fourth-order valence-corrected chi connectivity index (χ4v) is 3.11. The number of nitrogens with one attached hydrogen (secondary N) is 1. The molecule has 1 amide bonds. The van der Waals surface area contributed by atoms with Crippen molar-refractivity contribution in [3.63, 3.8) is 0 Å². The van der Waals surface area contributed by atoms with Gasteiger partial charge in [0.25, 0.3) is 0 Å². The van der Waals surface area contributed by atoms with E-state index in [0.717, 1.165) is 28.5 Å². The highest BCUT2D eigenvalue weighted by Crippen LogP contribution is 2.26. The number of carbonyl (C=O) groups is 1. The molecule has 0 saturated carbocycles. The second-order valence-corrected chi connectivity index (χ2v) is 6.67. The lowest BCUT2D eigenvalue weighted by molar-refractivity contribution is -0.116. The number of para-hydroxylation sites is 3. The molecule has 0 spiro atoms. The number of nitrogens with zero attached hydrogens (tertiary/aromatic N) is 2. The number of amides is 1. The van der Waals surface area contributed by atoms with Crippen LogP contribution in [-0.2, 0) is 4.79 Å². The van der Waals surface area contributed by atoms with E-state index in [1.165, 1.54) is 0 Å².